The normalized spacial score (nSPS) is 10.7. The Balaban J connectivity index is 1.66. The van der Waals surface area contributed by atoms with Crippen LogP contribution in [0.2, 0.25) is 5.02 Å². The van der Waals surface area contributed by atoms with Crippen LogP contribution in [0.15, 0.2) is 70.2 Å². The van der Waals surface area contributed by atoms with Gasteiger partial charge in [0.15, 0.2) is 18.1 Å². The van der Waals surface area contributed by atoms with Crippen molar-refractivity contribution in [2.75, 3.05) is 18.5 Å². The molecule has 0 aromatic heterocycles. The molecule has 3 aromatic carbocycles. The molecule has 176 valence electrons. The molecule has 0 heterocycles. The number of anilines is 1. The summed E-state index contributed by atoms with van der Waals surface area (Å²) < 4.78 is 25.7. The van der Waals surface area contributed by atoms with Crippen LogP contribution in [0.4, 0.5) is 10.1 Å². The fourth-order valence-corrected chi connectivity index (χ4v) is 3.32. The van der Waals surface area contributed by atoms with Crippen LogP contribution in [-0.4, -0.2) is 31.2 Å². The molecule has 0 bridgehead atoms. The van der Waals surface area contributed by atoms with E-state index in [2.05, 4.69) is 31.8 Å². The Morgan fingerprint density at radius 3 is 2.56 bits per heavy atom. The number of carbonyl (C=O) groups excluding carboxylic acids is 2. The lowest BCUT2D eigenvalue weighted by Gasteiger charge is -2.14. The third-order valence-corrected chi connectivity index (χ3v) is 5.12. The molecular weight excluding hydrogens is 529 g/mol. The van der Waals surface area contributed by atoms with Crippen molar-refractivity contribution in [2.24, 2.45) is 5.10 Å². The van der Waals surface area contributed by atoms with Crippen molar-refractivity contribution >= 4 is 51.2 Å². The topological polar surface area (TPSA) is 89.0 Å². The number of nitrogens with one attached hydrogen (secondary N) is 2. The van der Waals surface area contributed by atoms with Crippen LogP contribution in [0.1, 0.15) is 22.8 Å². The predicted molar refractivity (Wildman–Crippen MR) is 132 cm³/mol. The summed E-state index contributed by atoms with van der Waals surface area (Å²) in [4.78, 5) is 24.3. The largest absolute Gasteiger partial charge is 0.490 e. The van der Waals surface area contributed by atoms with E-state index in [4.69, 9.17) is 21.1 Å². The summed E-state index contributed by atoms with van der Waals surface area (Å²) in [6.07, 6.45) is 1.40. The molecule has 0 aliphatic rings. The fourth-order valence-electron chi connectivity index (χ4n) is 2.78. The first-order valence-electron chi connectivity index (χ1n) is 10.1. The lowest BCUT2D eigenvalue weighted by atomic mass is 10.2. The number of halogens is 3. The van der Waals surface area contributed by atoms with Crippen LogP contribution >= 0.6 is 27.5 Å². The SMILES string of the molecule is CCOc1cc(/C=N/NC(=O)c2ccc(Br)cc2)cc(Cl)c1OCC(=O)Nc1ccccc1F. The highest BCUT2D eigenvalue weighted by molar-refractivity contribution is 9.10. The minimum Gasteiger partial charge on any atom is -0.490 e. The van der Waals surface area contributed by atoms with Crippen LogP contribution < -0.4 is 20.2 Å². The number of para-hydroxylation sites is 1. The van der Waals surface area contributed by atoms with Gasteiger partial charge in [-0.2, -0.15) is 5.10 Å². The Hall–Kier alpha value is -3.43. The summed E-state index contributed by atoms with van der Waals surface area (Å²) in [5, 5.41) is 6.55. The maximum Gasteiger partial charge on any atom is 0.271 e. The van der Waals surface area contributed by atoms with Gasteiger partial charge in [0, 0.05) is 10.0 Å². The molecule has 3 rings (SSSR count). The highest BCUT2D eigenvalue weighted by atomic mass is 79.9. The third-order valence-electron chi connectivity index (χ3n) is 4.31. The highest BCUT2D eigenvalue weighted by Gasteiger charge is 2.15. The van der Waals surface area contributed by atoms with E-state index in [0.29, 0.717) is 17.7 Å². The van der Waals surface area contributed by atoms with Gasteiger partial charge in [-0.05, 0) is 61.0 Å². The standard InChI is InChI=1S/C24H20BrClFN3O4/c1-2-33-21-12-15(13-28-30-24(32)16-7-9-17(25)10-8-16)11-18(26)23(21)34-14-22(31)29-20-6-4-3-5-19(20)27/h3-13H,2,14H2,1H3,(H,29,31)(H,30,32)/b28-13+. The van der Waals surface area contributed by atoms with Gasteiger partial charge in [-0.3, -0.25) is 9.59 Å². The van der Waals surface area contributed by atoms with Gasteiger partial charge in [-0.15, -0.1) is 0 Å². The maximum absolute atomic E-state index is 13.7. The summed E-state index contributed by atoms with van der Waals surface area (Å²) in [6.45, 7) is 1.68. The number of carbonyl (C=O) groups is 2. The summed E-state index contributed by atoms with van der Waals surface area (Å²) in [5.41, 5.74) is 3.47. The first kappa shape index (κ1) is 25.2. The van der Waals surface area contributed by atoms with E-state index in [1.54, 1.807) is 49.4 Å². The van der Waals surface area contributed by atoms with E-state index in [9.17, 15) is 14.0 Å². The minimum absolute atomic E-state index is 0.0453. The Morgan fingerprint density at radius 1 is 1.12 bits per heavy atom. The number of hydrogen-bond acceptors (Lipinski definition) is 5. The number of hydrogen-bond donors (Lipinski definition) is 2. The van der Waals surface area contributed by atoms with Crippen molar-refractivity contribution in [3.63, 3.8) is 0 Å². The molecule has 0 unspecified atom stereocenters. The summed E-state index contributed by atoms with van der Waals surface area (Å²) in [5.74, 6) is -1.05. The molecule has 0 aliphatic heterocycles. The quantitative estimate of drug-likeness (QED) is 0.276. The first-order valence-corrected chi connectivity index (χ1v) is 11.3. The Morgan fingerprint density at radius 2 is 1.85 bits per heavy atom. The van der Waals surface area contributed by atoms with Crippen LogP contribution in [0, 0.1) is 5.82 Å². The van der Waals surface area contributed by atoms with Crippen LogP contribution in [-0.2, 0) is 4.79 Å². The van der Waals surface area contributed by atoms with Crippen molar-refractivity contribution in [3.8, 4) is 11.5 Å². The molecule has 0 atom stereocenters. The average Bonchev–Trinajstić information content (AvgIpc) is 2.80. The van der Waals surface area contributed by atoms with Gasteiger partial charge in [0.25, 0.3) is 11.8 Å². The van der Waals surface area contributed by atoms with Gasteiger partial charge in [0.2, 0.25) is 0 Å². The maximum atomic E-state index is 13.7. The van der Waals surface area contributed by atoms with E-state index in [1.165, 1.54) is 24.4 Å². The number of ether oxygens (including phenoxy) is 2. The van der Waals surface area contributed by atoms with Crippen molar-refractivity contribution in [1.82, 2.24) is 5.43 Å². The number of hydrazone groups is 1. The monoisotopic (exact) mass is 547 g/mol. The first-order chi connectivity index (χ1) is 16.4. The number of amides is 2. The van der Waals surface area contributed by atoms with E-state index in [1.807, 2.05) is 0 Å². The van der Waals surface area contributed by atoms with E-state index in [-0.39, 0.29) is 28.1 Å². The second kappa shape index (κ2) is 12.2. The van der Waals surface area contributed by atoms with Crippen molar-refractivity contribution < 1.29 is 23.5 Å². The van der Waals surface area contributed by atoms with Gasteiger partial charge in [0.1, 0.15) is 5.82 Å². The van der Waals surface area contributed by atoms with E-state index in [0.717, 1.165) is 4.47 Å². The highest BCUT2D eigenvalue weighted by Crippen LogP contribution is 2.36. The molecule has 34 heavy (non-hydrogen) atoms. The lowest BCUT2D eigenvalue weighted by Crippen LogP contribution is -2.21. The second-order valence-corrected chi connectivity index (χ2v) is 8.11. The molecule has 0 spiro atoms. The molecule has 0 radical (unpaired) electrons. The molecule has 0 saturated heterocycles. The van der Waals surface area contributed by atoms with Gasteiger partial charge in [0.05, 0.1) is 23.5 Å². The fraction of sp³-hybridized carbons (Fsp3) is 0.125. The Kier molecular flexibility index (Phi) is 9.00. The summed E-state index contributed by atoms with van der Waals surface area (Å²) in [6, 6.07) is 15.8. The summed E-state index contributed by atoms with van der Waals surface area (Å²) >= 11 is 9.65. The molecule has 7 nitrogen and oxygen atoms in total. The zero-order chi connectivity index (χ0) is 24.5. The van der Waals surface area contributed by atoms with Crippen molar-refractivity contribution in [1.29, 1.82) is 0 Å². The lowest BCUT2D eigenvalue weighted by molar-refractivity contribution is -0.118. The molecule has 0 aliphatic carbocycles. The Labute approximate surface area is 209 Å². The molecule has 3 aromatic rings. The second-order valence-electron chi connectivity index (χ2n) is 6.79. The predicted octanol–water partition coefficient (Wildman–Crippen LogP) is 5.42. The number of nitrogens with zero attached hydrogens (tertiary/aromatic N) is 1. The minimum atomic E-state index is -0.565. The van der Waals surface area contributed by atoms with Crippen LogP contribution in [0.5, 0.6) is 11.5 Å². The molecule has 10 heteroatoms. The van der Waals surface area contributed by atoms with Gasteiger partial charge in [-0.1, -0.05) is 39.7 Å². The number of benzene rings is 3. The van der Waals surface area contributed by atoms with Crippen molar-refractivity contribution in [3.05, 3.63) is 87.1 Å². The molecule has 2 N–H and O–H groups in total. The van der Waals surface area contributed by atoms with Gasteiger partial charge in [-0.25, -0.2) is 9.82 Å². The van der Waals surface area contributed by atoms with E-state index < -0.39 is 18.3 Å². The molecule has 2 amide bonds. The zero-order valence-corrected chi connectivity index (χ0v) is 20.3. The molecule has 0 saturated carbocycles. The average molecular weight is 549 g/mol. The Bertz CT molecular complexity index is 1210. The zero-order valence-electron chi connectivity index (χ0n) is 18.0. The van der Waals surface area contributed by atoms with E-state index >= 15 is 0 Å². The third kappa shape index (κ3) is 7.03. The van der Waals surface area contributed by atoms with Crippen molar-refractivity contribution in [2.45, 2.75) is 6.92 Å². The van der Waals surface area contributed by atoms with Gasteiger partial charge >= 0.3 is 0 Å². The molecule has 0 fully saturated rings. The summed E-state index contributed by atoms with van der Waals surface area (Å²) in [7, 11) is 0. The van der Waals surface area contributed by atoms with Gasteiger partial charge < -0.3 is 14.8 Å². The van der Waals surface area contributed by atoms with Crippen LogP contribution in [0.25, 0.3) is 0 Å². The molecular formula is C24H20BrClFN3O4. The van der Waals surface area contributed by atoms with Crippen LogP contribution in [0.3, 0.4) is 0 Å². The number of rotatable bonds is 9. The smallest absolute Gasteiger partial charge is 0.271 e.